The summed E-state index contributed by atoms with van der Waals surface area (Å²) in [5.41, 5.74) is 0.423. The van der Waals surface area contributed by atoms with Crippen LogP contribution in [0.15, 0.2) is 46.7 Å². The van der Waals surface area contributed by atoms with Gasteiger partial charge in [-0.1, -0.05) is 0 Å². The summed E-state index contributed by atoms with van der Waals surface area (Å²) in [5, 5.41) is 5.11. The Kier molecular flexibility index (Phi) is 4.71. The Morgan fingerprint density at radius 3 is 2.32 bits per heavy atom. The third-order valence-electron chi connectivity index (χ3n) is 2.39. The number of anilines is 1. The minimum atomic E-state index is -4.78. The van der Waals surface area contributed by atoms with Gasteiger partial charge in [0.1, 0.15) is 5.75 Å². The fraction of sp³-hybridized carbons (Fsp3) is 0.0833. The maximum absolute atomic E-state index is 12.0. The number of alkyl halides is 3. The van der Waals surface area contributed by atoms with Crippen LogP contribution in [-0.2, 0) is 23.5 Å². The minimum absolute atomic E-state index is 0.170. The highest BCUT2D eigenvalue weighted by atomic mass is 32.9. The van der Waals surface area contributed by atoms with Crippen molar-refractivity contribution in [3.05, 3.63) is 46.7 Å². The minimum Gasteiger partial charge on any atom is -0.406 e. The van der Waals surface area contributed by atoms with Crippen LogP contribution in [0.1, 0.15) is 0 Å². The zero-order valence-corrected chi connectivity index (χ0v) is 12.3. The zero-order valence-electron chi connectivity index (χ0n) is 10.6. The first-order valence-corrected chi connectivity index (χ1v) is 8.58. The van der Waals surface area contributed by atoms with E-state index in [9.17, 15) is 26.4 Å². The lowest BCUT2D eigenvalue weighted by atomic mass is 10.2. The largest absolute Gasteiger partial charge is 0.573 e. The van der Waals surface area contributed by atoms with Gasteiger partial charge in [-0.2, -0.15) is 8.42 Å². The number of nitrogens with one attached hydrogen (secondary N) is 1. The van der Waals surface area contributed by atoms with E-state index >= 15 is 0 Å². The number of amides is 1. The number of carbonyl (C=O) groups excluding carboxylic acids is 1. The van der Waals surface area contributed by atoms with Crippen LogP contribution in [0.5, 0.6) is 5.75 Å². The average molecular weight is 351 g/mol. The third kappa shape index (κ3) is 4.46. The number of hydrogen-bond acceptors (Lipinski definition) is 4. The zero-order chi connectivity index (χ0) is 16.3. The molecular formula is C12H8F3NO4S2. The Labute approximate surface area is 126 Å². The highest BCUT2D eigenvalue weighted by Crippen LogP contribution is 2.24. The quantitative estimate of drug-likeness (QED) is 0.907. The molecule has 1 aliphatic rings. The molecule has 1 amide bonds. The molecule has 0 saturated carbocycles. The van der Waals surface area contributed by atoms with Crippen LogP contribution in [-0.4, -0.2) is 20.7 Å². The van der Waals surface area contributed by atoms with Gasteiger partial charge in [0, 0.05) is 11.3 Å². The van der Waals surface area contributed by atoms with E-state index in [1.807, 2.05) is 0 Å². The van der Waals surface area contributed by atoms with E-state index in [1.165, 1.54) is 29.0 Å². The summed E-state index contributed by atoms with van der Waals surface area (Å²) in [7, 11) is -3.46. The molecule has 0 spiro atoms. The summed E-state index contributed by atoms with van der Waals surface area (Å²) in [6.45, 7) is 0. The lowest BCUT2D eigenvalue weighted by Gasteiger charge is -2.09. The second-order valence-electron chi connectivity index (χ2n) is 3.93. The van der Waals surface area contributed by atoms with Crippen molar-refractivity contribution in [3.8, 4) is 5.75 Å². The van der Waals surface area contributed by atoms with Crippen LogP contribution in [0.25, 0.3) is 0 Å². The SMILES string of the molecule is O=C(Nc1ccc(OC(F)(F)F)cc1)C1=CS(=S(=O)=O)C=C1. The maximum atomic E-state index is 12.0. The number of benzene rings is 1. The summed E-state index contributed by atoms with van der Waals surface area (Å²) in [5.74, 6) is -0.963. The fourth-order valence-corrected chi connectivity index (χ4v) is 3.45. The predicted octanol–water partition coefficient (Wildman–Crippen LogP) is 2.35. The number of ether oxygens (including phenoxy) is 1. The molecule has 10 heteroatoms. The van der Waals surface area contributed by atoms with Gasteiger partial charge in [0.05, 0.1) is 0 Å². The lowest BCUT2D eigenvalue weighted by molar-refractivity contribution is -0.274. The predicted molar refractivity (Wildman–Crippen MR) is 75.3 cm³/mol. The van der Waals surface area contributed by atoms with E-state index in [-0.39, 0.29) is 11.3 Å². The molecule has 0 fully saturated rings. The van der Waals surface area contributed by atoms with Crippen molar-refractivity contribution in [3.63, 3.8) is 0 Å². The smallest absolute Gasteiger partial charge is 0.406 e. The number of halogens is 3. The molecule has 1 heterocycles. The summed E-state index contributed by atoms with van der Waals surface area (Å²) >= 11 is 0. The highest BCUT2D eigenvalue weighted by Gasteiger charge is 2.30. The second-order valence-corrected chi connectivity index (χ2v) is 7.48. The van der Waals surface area contributed by atoms with Crippen molar-refractivity contribution in [2.24, 2.45) is 0 Å². The Balaban J connectivity index is 2.06. The molecule has 0 saturated heterocycles. The Hall–Kier alpha value is -2.07. The van der Waals surface area contributed by atoms with Crippen LogP contribution < -0.4 is 10.1 Å². The molecule has 0 radical (unpaired) electrons. The molecule has 1 aromatic rings. The Bertz CT molecular complexity index is 785. The van der Waals surface area contributed by atoms with Gasteiger partial charge in [0.2, 0.25) is 9.26 Å². The average Bonchev–Trinajstić information content (AvgIpc) is 2.89. The molecule has 1 aromatic carbocycles. The van der Waals surface area contributed by atoms with Gasteiger partial charge in [-0.05, 0) is 50.6 Å². The number of hydrogen-bond donors (Lipinski definition) is 1. The summed E-state index contributed by atoms with van der Waals surface area (Å²) in [6, 6.07) is 4.59. The van der Waals surface area contributed by atoms with E-state index in [4.69, 9.17) is 0 Å². The lowest BCUT2D eigenvalue weighted by Crippen LogP contribution is -2.17. The molecule has 0 aliphatic carbocycles. The van der Waals surface area contributed by atoms with E-state index in [0.717, 1.165) is 12.1 Å². The molecular weight excluding hydrogens is 343 g/mol. The normalized spacial score (nSPS) is 17.0. The van der Waals surface area contributed by atoms with Crippen LogP contribution in [0.3, 0.4) is 0 Å². The van der Waals surface area contributed by atoms with Crippen LogP contribution in [0.2, 0.25) is 0 Å². The van der Waals surface area contributed by atoms with Gasteiger partial charge in [-0.15, -0.1) is 13.2 Å². The monoisotopic (exact) mass is 351 g/mol. The van der Waals surface area contributed by atoms with Crippen molar-refractivity contribution < 1.29 is 31.1 Å². The standard InChI is InChI=1S/C12H8F3NO4S2/c13-12(14,15)20-10-3-1-9(2-4-10)16-11(17)8-5-6-21(7-8)22(18)19/h1-7H,(H,16,17). The van der Waals surface area contributed by atoms with Gasteiger partial charge in [-0.25, -0.2) is 0 Å². The fourth-order valence-electron chi connectivity index (χ4n) is 1.50. The Morgan fingerprint density at radius 2 is 1.82 bits per heavy atom. The number of carbonyl (C=O) groups is 1. The van der Waals surface area contributed by atoms with Crippen LogP contribution in [0, 0.1) is 0 Å². The second kappa shape index (κ2) is 6.36. The molecule has 2 rings (SSSR count). The van der Waals surface area contributed by atoms with Crippen molar-refractivity contribution >= 4 is 30.3 Å². The van der Waals surface area contributed by atoms with Gasteiger partial charge in [-0.3, -0.25) is 4.79 Å². The molecule has 1 N–H and O–H groups in total. The van der Waals surface area contributed by atoms with Crippen LogP contribution in [0.4, 0.5) is 18.9 Å². The first kappa shape index (κ1) is 16.3. The molecule has 1 atom stereocenters. The number of rotatable bonds is 3. The molecule has 0 bridgehead atoms. The van der Waals surface area contributed by atoms with Gasteiger partial charge in [0.15, 0.2) is 0 Å². The van der Waals surface area contributed by atoms with Gasteiger partial charge in [0.25, 0.3) is 5.91 Å². The third-order valence-corrected chi connectivity index (χ3v) is 5.16. The van der Waals surface area contributed by atoms with Crippen molar-refractivity contribution in [2.75, 3.05) is 5.32 Å². The summed E-state index contributed by atoms with van der Waals surface area (Å²) < 4.78 is 61.2. The van der Waals surface area contributed by atoms with Gasteiger partial charge >= 0.3 is 6.36 Å². The van der Waals surface area contributed by atoms with Crippen LogP contribution >= 0.6 is 0 Å². The molecule has 0 aromatic heterocycles. The molecule has 22 heavy (non-hydrogen) atoms. The maximum Gasteiger partial charge on any atom is 0.573 e. The van der Waals surface area contributed by atoms with Gasteiger partial charge < -0.3 is 10.1 Å². The van der Waals surface area contributed by atoms with E-state index in [1.54, 1.807) is 0 Å². The molecule has 5 nitrogen and oxygen atoms in total. The van der Waals surface area contributed by atoms with E-state index in [2.05, 4.69) is 10.1 Å². The molecule has 118 valence electrons. The summed E-state index contributed by atoms with van der Waals surface area (Å²) in [4.78, 5) is 11.9. The first-order chi connectivity index (χ1) is 10.2. The van der Waals surface area contributed by atoms with E-state index < -0.39 is 36.7 Å². The molecule has 1 unspecified atom stereocenters. The van der Waals surface area contributed by atoms with Crippen molar-refractivity contribution in [2.45, 2.75) is 6.36 Å². The highest BCUT2D eigenvalue weighted by molar-refractivity contribution is 8.37. The van der Waals surface area contributed by atoms with E-state index in [0.29, 0.717) is 0 Å². The first-order valence-electron chi connectivity index (χ1n) is 5.63. The Morgan fingerprint density at radius 1 is 1.18 bits per heavy atom. The van der Waals surface area contributed by atoms with Crippen molar-refractivity contribution in [1.82, 2.24) is 0 Å². The summed E-state index contributed by atoms with van der Waals surface area (Å²) in [6.07, 6.45) is -3.41. The molecule has 1 aliphatic heterocycles. The van der Waals surface area contributed by atoms with Crippen molar-refractivity contribution in [1.29, 1.82) is 0 Å². The topological polar surface area (TPSA) is 72.5 Å².